The molecule has 1 aromatic carbocycles. The molecule has 1 fully saturated rings. The summed E-state index contributed by atoms with van der Waals surface area (Å²) in [6.45, 7) is 3.12. The summed E-state index contributed by atoms with van der Waals surface area (Å²) in [4.78, 5) is 13.8. The van der Waals surface area contributed by atoms with E-state index in [1.54, 1.807) is 12.1 Å². The standard InChI is InChI=1S/C15H21ClN2O3/c16-13-2-1-3-14(8-13)21-7-5-17-15(20)10-18-6-4-12(9-18)11-19/h1-3,8,12,19H,4-7,9-11H2,(H,17,20). The summed E-state index contributed by atoms with van der Waals surface area (Å²) >= 11 is 5.85. The maximum atomic E-state index is 11.8. The van der Waals surface area contributed by atoms with Crippen LogP contribution in [0, 0.1) is 5.92 Å². The minimum atomic E-state index is -0.0108. The van der Waals surface area contributed by atoms with Gasteiger partial charge in [0.05, 0.1) is 13.1 Å². The van der Waals surface area contributed by atoms with Gasteiger partial charge in [0.2, 0.25) is 5.91 Å². The van der Waals surface area contributed by atoms with Crippen molar-refractivity contribution < 1.29 is 14.6 Å². The number of ether oxygens (including phenoxy) is 1. The normalized spacial score (nSPS) is 18.7. The maximum Gasteiger partial charge on any atom is 0.234 e. The second kappa shape index (κ2) is 8.22. The number of carbonyl (C=O) groups is 1. The molecule has 116 valence electrons. The average molecular weight is 313 g/mol. The van der Waals surface area contributed by atoms with Crippen molar-refractivity contribution in [2.45, 2.75) is 6.42 Å². The lowest BCUT2D eigenvalue weighted by Gasteiger charge is -2.15. The Labute approximate surface area is 129 Å². The monoisotopic (exact) mass is 312 g/mol. The molecule has 1 saturated heterocycles. The van der Waals surface area contributed by atoms with E-state index in [2.05, 4.69) is 10.2 Å². The number of rotatable bonds is 7. The van der Waals surface area contributed by atoms with Gasteiger partial charge in [0.25, 0.3) is 0 Å². The van der Waals surface area contributed by atoms with Crippen molar-refractivity contribution >= 4 is 17.5 Å². The van der Waals surface area contributed by atoms with Crippen LogP contribution in [0.5, 0.6) is 5.75 Å². The summed E-state index contributed by atoms with van der Waals surface area (Å²) in [5.41, 5.74) is 0. The van der Waals surface area contributed by atoms with Crippen LogP contribution in [0.2, 0.25) is 5.02 Å². The molecule has 6 heteroatoms. The van der Waals surface area contributed by atoms with Crippen molar-refractivity contribution in [2.24, 2.45) is 5.92 Å². The fraction of sp³-hybridized carbons (Fsp3) is 0.533. The fourth-order valence-electron chi connectivity index (χ4n) is 2.38. The Balaban J connectivity index is 1.59. The number of carbonyl (C=O) groups excluding carboxylic acids is 1. The molecular weight excluding hydrogens is 292 g/mol. The van der Waals surface area contributed by atoms with Gasteiger partial charge in [0, 0.05) is 18.2 Å². The predicted molar refractivity (Wildman–Crippen MR) is 81.6 cm³/mol. The van der Waals surface area contributed by atoms with Gasteiger partial charge in [-0.1, -0.05) is 17.7 Å². The van der Waals surface area contributed by atoms with E-state index in [9.17, 15) is 4.79 Å². The first kappa shape index (κ1) is 16.1. The van der Waals surface area contributed by atoms with Crippen LogP contribution < -0.4 is 10.1 Å². The minimum absolute atomic E-state index is 0.0108. The summed E-state index contributed by atoms with van der Waals surface area (Å²) in [5, 5.41) is 12.5. The maximum absolute atomic E-state index is 11.8. The smallest absolute Gasteiger partial charge is 0.234 e. The second-order valence-electron chi connectivity index (χ2n) is 5.23. The summed E-state index contributed by atoms with van der Waals surface area (Å²) in [5.74, 6) is 0.995. The van der Waals surface area contributed by atoms with Gasteiger partial charge in [-0.05, 0) is 37.1 Å². The van der Waals surface area contributed by atoms with Crippen molar-refractivity contribution in [3.05, 3.63) is 29.3 Å². The SMILES string of the molecule is O=C(CN1CCC(CO)C1)NCCOc1cccc(Cl)c1. The third kappa shape index (κ3) is 5.53. The largest absolute Gasteiger partial charge is 0.492 e. The number of aliphatic hydroxyl groups excluding tert-OH is 1. The van der Waals surface area contributed by atoms with E-state index in [0.29, 0.717) is 36.4 Å². The molecule has 1 aliphatic rings. The van der Waals surface area contributed by atoms with Crippen LogP contribution in [0.1, 0.15) is 6.42 Å². The molecule has 1 amide bonds. The van der Waals surface area contributed by atoms with Crippen molar-refractivity contribution in [3.8, 4) is 5.75 Å². The van der Waals surface area contributed by atoms with E-state index in [1.807, 2.05) is 12.1 Å². The number of likely N-dealkylation sites (tertiary alicyclic amines) is 1. The van der Waals surface area contributed by atoms with Crippen molar-refractivity contribution in [1.82, 2.24) is 10.2 Å². The molecular formula is C15H21ClN2O3. The summed E-state index contributed by atoms with van der Waals surface area (Å²) in [6, 6.07) is 7.17. The zero-order valence-electron chi connectivity index (χ0n) is 11.9. The Hall–Kier alpha value is -1.30. The Kier molecular flexibility index (Phi) is 6.29. The Morgan fingerprint density at radius 3 is 3.10 bits per heavy atom. The van der Waals surface area contributed by atoms with Gasteiger partial charge < -0.3 is 15.2 Å². The lowest BCUT2D eigenvalue weighted by atomic mass is 10.1. The highest BCUT2D eigenvalue weighted by molar-refractivity contribution is 6.30. The Bertz CT molecular complexity index is 470. The van der Waals surface area contributed by atoms with Gasteiger partial charge in [-0.3, -0.25) is 9.69 Å². The number of hydrogen-bond donors (Lipinski definition) is 2. The number of amides is 1. The zero-order valence-corrected chi connectivity index (χ0v) is 12.7. The Morgan fingerprint density at radius 2 is 2.38 bits per heavy atom. The third-order valence-electron chi connectivity index (χ3n) is 3.48. The van der Waals surface area contributed by atoms with Crippen molar-refractivity contribution in [2.75, 3.05) is 39.4 Å². The van der Waals surface area contributed by atoms with Crippen LogP contribution in [-0.2, 0) is 4.79 Å². The molecule has 0 saturated carbocycles. The van der Waals surface area contributed by atoms with Gasteiger partial charge in [0.15, 0.2) is 0 Å². The molecule has 21 heavy (non-hydrogen) atoms. The first-order valence-electron chi connectivity index (χ1n) is 7.15. The number of hydrogen-bond acceptors (Lipinski definition) is 4. The number of nitrogens with one attached hydrogen (secondary N) is 1. The van der Waals surface area contributed by atoms with E-state index in [-0.39, 0.29) is 12.5 Å². The topological polar surface area (TPSA) is 61.8 Å². The lowest BCUT2D eigenvalue weighted by Crippen LogP contribution is -2.37. The molecule has 0 spiro atoms. The highest BCUT2D eigenvalue weighted by Gasteiger charge is 2.22. The van der Waals surface area contributed by atoms with Gasteiger partial charge in [-0.15, -0.1) is 0 Å². The van der Waals surface area contributed by atoms with E-state index in [4.69, 9.17) is 21.4 Å². The lowest BCUT2D eigenvalue weighted by molar-refractivity contribution is -0.122. The highest BCUT2D eigenvalue weighted by Crippen LogP contribution is 2.17. The molecule has 5 nitrogen and oxygen atoms in total. The molecule has 1 aromatic rings. The van der Waals surface area contributed by atoms with Crippen LogP contribution >= 0.6 is 11.6 Å². The van der Waals surface area contributed by atoms with Crippen LogP contribution in [0.25, 0.3) is 0 Å². The van der Waals surface area contributed by atoms with Crippen LogP contribution in [0.4, 0.5) is 0 Å². The number of nitrogens with zero attached hydrogens (tertiary/aromatic N) is 1. The van der Waals surface area contributed by atoms with Crippen molar-refractivity contribution in [3.63, 3.8) is 0 Å². The van der Waals surface area contributed by atoms with Crippen LogP contribution in [0.3, 0.4) is 0 Å². The van der Waals surface area contributed by atoms with Gasteiger partial charge in [0.1, 0.15) is 12.4 Å². The summed E-state index contributed by atoms with van der Waals surface area (Å²) in [6.07, 6.45) is 0.960. The van der Waals surface area contributed by atoms with Crippen molar-refractivity contribution in [1.29, 1.82) is 0 Å². The molecule has 2 N–H and O–H groups in total. The average Bonchev–Trinajstić information content (AvgIpc) is 2.91. The van der Waals surface area contributed by atoms with E-state index >= 15 is 0 Å². The number of halogens is 1. The molecule has 1 atom stereocenters. The predicted octanol–water partition coefficient (Wildman–Crippen LogP) is 1.15. The molecule has 0 aliphatic carbocycles. The molecule has 0 radical (unpaired) electrons. The van der Waals surface area contributed by atoms with Crippen LogP contribution in [-0.4, -0.2) is 55.3 Å². The summed E-state index contributed by atoms with van der Waals surface area (Å²) < 4.78 is 5.50. The van der Waals surface area contributed by atoms with Crippen LogP contribution in [0.15, 0.2) is 24.3 Å². The first-order chi connectivity index (χ1) is 10.2. The van der Waals surface area contributed by atoms with Gasteiger partial charge in [-0.2, -0.15) is 0 Å². The molecule has 1 heterocycles. The molecule has 0 aromatic heterocycles. The number of aliphatic hydroxyl groups is 1. The first-order valence-corrected chi connectivity index (χ1v) is 7.53. The van der Waals surface area contributed by atoms with E-state index in [1.165, 1.54) is 0 Å². The Morgan fingerprint density at radius 1 is 1.52 bits per heavy atom. The van der Waals surface area contributed by atoms with Gasteiger partial charge >= 0.3 is 0 Å². The van der Waals surface area contributed by atoms with E-state index in [0.717, 1.165) is 19.5 Å². The quantitative estimate of drug-likeness (QED) is 0.742. The van der Waals surface area contributed by atoms with E-state index < -0.39 is 0 Å². The molecule has 1 aliphatic heterocycles. The minimum Gasteiger partial charge on any atom is -0.492 e. The molecule has 0 bridgehead atoms. The highest BCUT2D eigenvalue weighted by atomic mass is 35.5. The fourth-order valence-corrected chi connectivity index (χ4v) is 2.56. The number of benzene rings is 1. The molecule has 1 unspecified atom stereocenters. The summed E-state index contributed by atoms with van der Waals surface area (Å²) in [7, 11) is 0. The third-order valence-corrected chi connectivity index (χ3v) is 3.72. The van der Waals surface area contributed by atoms with Gasteiger partial charge in [-0.25, -0.2) is 0 Å². The second-order valence-corrected chi connectivity index (χ2v) is 5.66. The zero-order chi connectivity index (χ0) is 15.1. The molecule has 2 rings (SSSR count).